The normalized spacial score (nSPS) is 13.5. The molecule has 0 amide bonds. The van der Waals surface area contributed by atoms with E-state index in [9.17, 15) is 0 Å². The summed E-state index contributed by atoms with van der Waals surface area (Å²) < 4.78 is 11.1. The van der Waals surface area contributed by atoms with Crippen molar-refractivity contribution in [2.75, 3.05) is 0 Å². The Hall–Kier alpha value is -2.18. The fraction of sp³-hybridized carbons (Fsp3) is 0.316. The molecule has 0 unspecified atom stereocenters. The van der Waals surface area contributed by atoms with E-state index in [0.717, 1.165) is 22.4 Å². The van der Waals surface area contributed by atoms with Crippen molar-refractivity contribution < 1.29 is 9.47 Å². The van der Waals surface area contributed by atoms with Gasteiger partial charge in [0.2, 0.25) is 0 Å². The van der Waals surface area contributed by atoms with Crippen LogP contribution in [0.1, 0.15) is 41.0 Å². The Morgan fingerprint density at radius 3 is 2.65 bits per heavy atom. The summed E-state index contributed by atoms with van der Waals surface area (Å²) in [4.78, 5) is 0. The maximum Gasteiger partial charge on any atom is 0.292 e. The molecule has 4 heteroatoms. The standard InChI is InChI=1S/C19H18ClNO2/c1-12-8-13(2)19(9-17(12)20)22-10-16-15(14-6-7-14)4-3-5-18(16)23-11-21/h3-5,8-9,14H,6-7,10H2,1-2H3. The van der Waals surface area contributed by atoms with Crippen molar-refractivity contribution in [3.8, 4) is 17.8 Å². The molecule has 0 spiro atoms. The van der Waals surface area contributed by atoms with Crippen LogP contribution in [0.15, 0.2) is 30.3 Å². The summed E-state index contributed by atoms with van der Waals surface area (Å²) in [5.74, 6) is 1.89. The average molecular weight is 328 g/mol. The maximum atomic E-state index is 8.86. The van der Waals surface area contributed by atoms with Gasteiger partial charge in [0.1, 0.15) is 18.1 Å². The topological polar surface area (TPSA) is 42.2 Å². The SMILES string of the molecule is Cc1cc(C)c(OCc2c(OC#N)cccc2C2CC2)cc1Cl. The van der Waals surface area contributed by atoms with E-state index in [0.29, 0.717) is 23.3 Å². The van der Waals surface area contributed by atoms with Gasteiger partial charge in [0.15, 0.2) is 0 Å². The molecule has 0 bridgehead atoms. The molecular weight excluding hydrogens is 310 g/mol. The molecule has 0 N–H and O–H groups in total. The van der Waals surface area contributed by atoms with Gasteiger partial charge < -0.3 is 9.47 Å². The molecule has 1 aliphatic carbocycles. The van der Waals surface area contributed by atoms with Crippen LogP contribution in [0.25, 0.3) is 0 Å². The molecule has 3 nitrogen and oxygen atoms in total. The average Bonchev–Trinajstić information content (AvgIpc) is 3.35. The number of ether oxygens (including phenoxy) is 2. The van der Waals surface area contributed by atoms with Crippen LogP contribution in [0.2, 0.25) is 5.02 Å². The quantitative estimate of drug-likeness (QED) is 0.702. The van der Waals surface area contributed by atoms with Gasteiger partial charge in [-0.15, -0.1) is 5.26 Å². The molecule has 0 atom stereocenters. The highest BCUT2D eigenvalue weighted by Gasteiger charge is 2.27. The van der Waals surface area contributed by atoms with Gasteiger partial charge in [-0.25, -0.2) is 0 Å². The minimum Gasteiger partial charge on any atom is -0.488 e. The lowest BCUT2D eigenvalue weighted by Crippen LogP contribution is -2.03. The highest BCUT2D eigenvalue weighted by Crippen LogP contribution is 2.44. The first kappa shape index (κ1) is 15.7. The predicted octanol–water partition coefficient (Wildman–Crippen LogP) is 5.27. The number of halogens is 1. The van der Waals surface area contributed by atoms with Crippen molar-refractivity contribution >= 4 is 11.6 Å². The number of nitriles is 1. The molecule has 2 aromatic rings. The number of nitrogens with zero attached hydrogens (tertiary/aromatic N) is 1. The number of rotatable bonds is 5. The number of aryl methyl sites for hydroxylation is 2. The van der Waals surface area contributed by atoms with Crippen LogP contribution < -0.4 is 9.47 Å². The third-order valence-electron chi connectivity index (χ3n) is 4.17. The maximum absolute atomic E-state index is 8.86. The van der Waals surface area contributed by atoms with Crippen molar-refractivity contribution in [2.45, 2.75) is 39.2 Å². The van der Waals surface area contributed by atoms with Gasteiger partial charge in [0.05, 0.1) is 0 Å². The van der Waals surface area contributed by atoms with E-state index in [2.05, 4.69) is 6.07 Å². The van der Waals surface area contributed by atoms with Crippen molar-refractivity contribution in [3.63, 3.8) is 0 Å². The van der Waals surface area contributed by atoms with Crippen LogP contribution >= 0.6 is 11.6 Å². The second-order valence-corrected chi connectivity index (χ2v) is 6.35. The first-order valence-corrected chi connectivity index (χ1v) is 8.05. The predicted molar refractivity (Wildman–Crippen MR) is 89.9 cm³/mol. The molecule has 1 fully saturated rings. The third-order valence-corrected chi connectivity index (χ3v) is 4.58. The van der Waals surface area contributed by atoms with E-state index >= 15 is 0 Å². The highest BCUT2D eigenvalue weighted by atomic mass is 35.5. The van der Waals surface area contributed by atoms with E-state index in [-0.39, 0.29) is 0 Å². The molecule has 118 valence electrons. The van der Waals surface area contributed by atoms with Crippen molar-refractivity contribution in [3.05, 3.63) is 57.6 Å². The van der Waals surface area contributed by atoms with E-state index in [4.69, 9.17) is 26.3 Å². The second kappa shape index (κ2) is 6.52. The van der Waals surface area contributed by atoms with Gasteiger partial charge in [-0.3, -0.25) is 0 Å². The molecule has 0 aromatic heterocycles. The van der Waals surface area contributed by atoms with Gasteiger partial charge >= 0.3 is 0 Å². The Morgan fingerprint density at radius 2 is 1.96 bits per heavy atom. The van der Waals surface area contributed by atoms with Gasteiger partial charge in [0, 0.05) is 10.6 Å². The molecule has 1 saturated carbocycles. The summed E-state index contributed by atoms with van der Waals surface area (Å²) in [6.45, 7) is 4.34. The monoisotopic (exact) mass is 327 g/mol. The molecule has 0 aliphatic heterocycles. The molecule has 0 saturated heterocycles. The van der Waals surface area contributed by atoms with E-state index < -0.39 is 0 Å². The highest BCUT2D eigenvalue weighted by molar-refractivity contribution is 6.31. The zero-order chi connectivity index (χ0) is 16.4. The minimum atomic E-state index is 0.365. The molecule has 23 heavy (non-hydrogen) atoms. The summed E-state index contributed by atoms with van der Waals surface area (Å²) in [5.41, 5.74) is 4.24. The van der Waals surface area contributed by atoms with Crippen molar-refractivity contribution in [1.82, 2.24) is 0 Å². The fourth-order valence-electron chi connectivity index (χ4n) is 2.77. The third kappa shape index (κ3) is 3.43. The summed E-state index contributed by atoms with van der Waals surface area (Å²) in [6.07, 6.45) is 4.12. The first-order chi connectivity index (χ1) is 11.1. The summed E-state index contributed by atoms with van der Waals surface area (Å²) in [6, 6.07) is 9.68. The molecule has 1 aliphatic rings. The van der Waals surface area contributed by atoms with Crippen LogP contribution in [-0.4, -0.2) is 0 Å². The van der Waals surface area contributed by atoms with E-state index in [1.807, 2.05) is 38.1 Å². The van der Waals surface area contributed by atoms with Gasteiger partial charge in [-0.1, -0.05) is 29.8 Å². The van der Waals surface area contributed by atoms with E-state index in [1.54, 1.807) is 6.26 Å². The molecular formula is C19H18ClNO2. The Labute approximate surface area is 141 Å². The molecule has 0 heterocycles. The fourth-order valence-corrected chi connectivity index (χ4v) is 2.93. The van der Waals surface area contributed by atoms with Crippen LogP contribution in [0.5, 0.6) is 11.5 Å². The Balaban J connectivity index is 1.88. The second-order valence-electron chi connectivity index (χ2n) is 5.95. The summed E-state index contributed by atoms with van der Waals surface area (Å²) >= 11 is 6.19. The van der Waals surface area contributed by atoms with Crippen molar-refractivity contribution in [2.24, 2.45) is 0 Å². The molecule has 3 rings (SSSR count). The largest absolute Gasteiger partial charge is 0.488 e. The Bertz CT molecular complexity index is 776. The molecule has 2 aromatic carbocycles. The minimum absolute atomic E-state index is 0.365. The Kier molecular flexibility index (Phi) is 4.45. The summed E-state index contributed by atoms with van der Waals surface area (Å²) in [5, 5.41) is 9.54. The lowest BCUT2D eigenvalue weighted by Gasteiger charge is -2.15. The van der Waals surface area contributed by atoms with Crippen LogP contribution in [-0.2, 0) is 6.61 Å². The van der Waals surface area contributed by atoms with Gasteiger partial charge in [-0.2, -0.15) is 0 Å². The summed E-state index contributed by atoms with van der Waals surface area (Å²) in [7, 11) is 0. The number of benzene rings is 2. The van der Waals surface area contributed by atoms with Gasteiger partial charge in [0.25, 0.3) is 6.26 Å². The number of hydrogen-bond donors (Lipinski definition) is 0. The first-order valence-electron chi connectivity index (χ1n) is 7.67. The van der Waals surface area contributed by atoms with E-state index in [1.165, 1.54) is 18.4 Å². The van der Waals surface area contributed by atoms with Crippen LogP contribution in [0.4, 0.5) is 0 Å². The van der Waals surface area contributed by atoms with Crippen molar-refractivity contribution in [1.29, 1.82) is 5.26 Å². The number of hydrogen-bond acceptors (Lipinski definition) is 3. The van der Waals surface area contributed by atoms with Crippen LogP contribution in [0.3, 0.4) is 0 Å². The smallest absolute Gasteiger partial charge is 0.292 e. The van der Waals surface area contributed by atoms with Gasteiger partial charge in [-0.05, 0) is 61.4 Å². The lowest BCUT2D eigenvalue weighted by atomic mass is 10.0. The Morgan fingerprint density at radius 1 is 1.17 bits per heavy atom. The zero-order valence-corrected chi connectivity index (χ0v) is 14.0. The lowest BCUT2D eigenvalue weighted by molar-refractivity contribution is 0.297. The van der Waals surface area contributed by atoms with Crippen LogP contribution in [0, 0.1) is 25.4 Å². The zero-order valence-electron chi connectivity index (χ0n) is 13.2. The molecule has 0 radical (unpaired) electrons.